The van der Waals surface area contributed by atoms with Crippen molar-refractivity contribution in [1.29, 1.82) is 0 Å². The lowest BCUT2D eigenvalue weighted by Gasteiger charge is -2.11. The number of nitrogens with zero attached hydrogens (tertiary/aromatic N) is 1. The molecule has 21 heavy (non-hydrogen) atoms. The lowest BCUT2D eigenvalue weighted by molar-refractivity contribution is -0.385. The highest BCUT2D eigenvalue weighted by Gasteiger charge is 2.18. The zero-order valence-corrected chi connectivity index (χ0v) is 12.2. The molecule has 5 nitrogen and oxygen atoms in total. The molecule has 0 aliphatic carbocycles. The van der Waals surface area contributed by atoms with Gasteiger partial charge in [-0.15, -0.1) is 0 Å². The lowest BCUT2D eigenvalue weighted by Crippen LogP contribution is -1.98. The van der Waals surface area contributed by atoms with Gasteiger partial charge in [0.05, 0.1) is 11.0 Å². The third kappa shape index (κ3) is 3.38. The van der Waals surface area contributed by atoms with E-state index in [0.29, 0.717) is 11.3 Å². The average Bonchev–Trinajstić information content (AvgIpc) is 2.42. The van der Waals surface area contributed by atoms with E-state index in [1.165, 1.54) is 12.1 Å². The van der Waals surface area contributed by atoms with E-state index in [4.69, 9.17) is 4.74 Å². The van der Waals surface area contributed by atoms with E-state index in [1.54, 1.807) is 13.0 Å². The minimum absolute atomic E-state index is 0.158. The van der Waals surface area contributed by atoms with Gasteiger partial charge in [0, 0.05) is 6.07 Å². The van der Waals surface area contributed by atoms with Gasteiger partial charge in [-0.3, -0.25) is 10.1 Å². The quantitative estimate of drug-likeness (QED) is 0.680. The second-order valence-corrected chi connectivity index (χ2v) is 5.03. The van der Waals surface area contributed by atoms with Gasteiger partial charge in [0.1, 0.15) is 5.75 Å². The number of hydrogen-bond acceptors (Lipinski definition) is 4. The highest BCUT2D eigenvalue weighted by atomic mass is 16.6. The topological polar surface area (TPSA) is 72.6 Å². The van der Waals surface area contributed by atoms with Crippen molar-refractivity contribution in [3.05, 3.63) is 63.2 Å². The molecule has 0 saturated heterocycles. The zero-order valence-electron chi connectivity index (χ0n) is 12.2. The van der Waals surface area contributed by atoms with Crippen LogP contribution in [0.1, 0.15) is 29.7 Å². The second kappa shape index (κ2) is 5.93. The first-order valence-electron chi connectivity index (χ1n) is 6.60. The fourth-order valence-electron chi connectivity index (χ4n) is 1.96. The molecule has 0 aliphatic heterocycles. The molecule has 1 unspecified atom stereocenters. The molecular weight excluding hydrogens is 270 g/mol. The van der Waals surface area contributed by atoms with Gasteiger partial charge in [-0.1, -0.05) is 18.2 Å². The highest BCUT2D eigenvalue weighted by Crippen LogP contribution is 2.35. The average molecular weight is 287 g/mol. The van der Waals surface area contributed by atoms with Crippen LogP contribution in [0.5, 0.6) is 11.5 Å². The van der Waals surface area contributed by atoms with Crippen molar-refractivity contribution in [2.24, 2.45) is 0 Å². The van der Waals surface area contributed by atoms with Gasteiger partial charge < -0.3 is 9.84 Å². The van der Waals surface area contributed by atoms with E-state index >= 15 is 0 Å². The molecular formula is C16H17NO4. The summed E-state index contributed by atoms with van der Waals surface area (Å²) in [6, 6.07) is 10.2. The van der Waals surface area contributed by atoms with E-state index in [-0.39, 0.29) is 11.4 Å². The maximum Gasteiger partial charge on any atom is 0.311 e. The highest BCUT2D eigenvalue weighted by molar-refractivity contribution is 5.52. The van der Waals surface area contributed by atoms with Crippen LogP contribution >= 0.6 is 0 Å². The van der Waals surface area contributed by atoms with Crippen LogP contribution < -0.4 is 4.74 Å². The Labute approximate surface area is 123 Å². The molecule has 0 bridgehead atoms. The molecule has 110 valence electrons. The number of ether oxygens (including phenoxy) is 1. The summed E-state index contributed by atoms with van der Waals surface area (Å²) in [4.78, 5) is 10.7. The largest absolute Gasteiger partial charge is 0.450 e. The van der Waals surface area contributed by atoms with Crippen molar-refractivity contribution in [2.45, 2.75) is 26.9 Å². The molecule has 0 radical (unpaired) electrons. The Bertz CT molecular complexity index is 680. The molecule has 1 atom stereocenters. The Balaban J connectivity index is 2.44. The third-order valence-electron chi connectivity index (χ3n) is 3.23. The standard InChI is InChI=1S/C16H17NO4/c1-10-4-5-11(2)16(8-10)21-15-7-6-13(12(3)18)9-14(15)17(19)20/h4-9,12,18H,1-3H3. The molecule has 0 saturated carbocycles. The Kier molecular flexibility index (Phi) is 4.23. The van der Waals surface area contributed by atoms with Gasteiger partial charge >= 0.3 is 5.69 Å². The molecule has 0 aliphatic rings. The summed E-state index contributed by atoms with van der Waals surface area (Å²) in [6.07, 6.45) is -0.765. The summed E-state index contributed by atoms with van der Waals surface area (Å²) in [7, 11) is 0. The van der Waals surface area contributed by atoms with E-state index in [0.717, 1.165) is 11.1 Å². The SMILES string of the molecule is Cc1ccc(C)c(Oc2ccc(C(C)O)cc2[N+](=O)[O-])c1. The second-order valence-electron chi connectivity index (χ2n) is 5.03. The fraction of sp³-hybridized carbons (Fsp3) is 0.250. The molecule has 2 aromatic rings. The predicted octanol–water partition coefficient (Wildman–Crippen LogP) is 4.06. The van der Waals surface area contributed by atoms with Crippen molar-refractivity contribution in [2.75, 3.05) is 0 Å². The van der Waals surface area contributed by atoms with E-state index < -0.39 is 11.0 Å². The Morgan fingerprint density at radius 1 is 1.14 bits per heavy atom. The monoisotopic (exact) mass is 287 g/mol. The van der Waals surface area contributed by atoms with Gasteiger partial charge in [0.25, 0.3) is 0 Å². The number of nitro benzene ring substituents is 1. The maximum atomic E-state index is 11.2. The Hall–Kier alpha value is -2.40. The molecule has 0 fully saturated rings. The summed E-state index contributed by atoms with van der Waals surface area (Å²) in [6.45, 7) is 5.37. The molecule has 0 amide bonds. The summed E-state index contributed by atoms with van der Waals surface area (Å²) in [5.74, 6) is 0.751. The van der Waals surface area contributed by atoms with Crippen molar-refractivity contribution < 1.29 is 14.8 Å². The summed E-state index contributed by atoms with van der Waals surface area (Å²) < 4.78 is 5.69. The van der Waals surface area contributed by atoms with Crippen LogP contribution in [0.3, 0.4) is 0 Å². The summed E-state index contributed by atoms with van der Waals surface area (Å²) in [5.41, 5.74) is 2.23. The van der Waals surface area contributed by atoms with Crippen LogP contribution in [0.25, 0.3) is 0 Å². The maximum absolute atomic E-state index is 11.2. The first-order chi connectivity index (χ1) is 9.88. The van der Waals surface area contributed by atoms with Crippen LogP contribution in [0.2, 0.25) is 0 Å². The van der Waals surface area contributed by atoms with Crippen molar-refractivity contribution >= 4 is 5.69 Å². The van der Waals surface area contributed by atoms with Gasteiger partial charge in [0.2, 0.25) is 5.75 Å². The van der Waals surface area contributed by atoms with Crippen LogP contribution in [0.4, 0.5) is 5.69 Å². The molecule has 5 heteroatoms. The minimum Gasteiger partial charge on any atom is -0.450 e. The van der Waals surface area contributed by atoms with Gasteiger partial charge in [0.15, 0.2) is 0 Å². The van der Waals surface area contributed by atoms with Gasteiger partial charge in [-0.2, -0.15) is 0 Å². The van der Waals surface area contributed by atoms with E-state index in [1.807, 2.05) is 32.0 Å². The molecule has 2 rings (SSSR count). The number of aliphatic hydroxyl groups is 1. The predicted molar refractivity (Wildman–Crippen MR) is 79.7 cm³/mol. The number of benzene rings is 2. The Morgan fingerprint density at radius 3 is 2.48 bits per heavy atom. The number of nitro groups is 1. The molecule has 0 spiro atoms. The smallest absolute Gasteiger partial charge is 0.311 e. The van der Waals surface area contributed by atoms with Crippen molar-refractivity contribution in [1.82, 2.24) is 0 Å². The third-order valence-corrected chi connectivity index (χ3v) is 3.23. The summed E-state index contributed by atoms with van der Waals surface area (Å²) >= 11 is 0. The fourth-order valence-corrected chi connectivity index (χ4v) is 1.96. The van der Waals surface area contributed by atoms with Crippen LogP contribution in [-0.2, 0) is 0 Å². The minimum atomic E-state index is -0.765. The first kappa shape index (κ1) is 15.0. The molecule has 2 aromatic carbocycles. The van der Waals surface area contributed by atoms with E-state index in [2.05, 4.69) is 0 Å². The number of hydrogen-bond donors (Lipinski definition) is 1. The van der Waals surface area contributed by atoms with Gasteiger partial charge in [-0.25, -0.2) is 0 Å². The van der Waals surface area contributed by atoms with Crippen LogP contribution in [0.15, 0.2) is 36.4 Å². The number of aryl methyl sites for hydroxylation is 2. The molecule has 0 heterocycles. The summed E-state index contributed by atoms with van der Waals surface area (Å²) in [5, 5.41) is 20.7. The molecule has 0 aromatic heterocycles. The number of aliphatic hydroxyl groups excluding tert-OH is 1. The first-order valence-corrected chi connectivity index (χ1v) is 6.60. The van der Waals surface area contributed by atoms with Crippen molar-refractivity contribution in [3.63, 3.8) is 0 Å². The molecule has 1 N–H and O–H groups in total. The van der Waals surface area contributed by atoms with E-state index in [9.17, 15) is 15.2 Å². The van der Waals surface area contributed by atoms with Crippen LogP contribution in [-0.4, -0.2) is 10.0 Å². The lowest BCUT2D eigenvalue weighted by atomic mass is 10.1. The zero-order chi connectivity index (χ0) is 15.6. The normalized spacial score (nSPS) is 12.0. The van der Waals surface area contributed by atoms with Crippen molar-refractivity contribution in [3.8, 4) is 11.5 Å². The van der Waals surface area contributed by atoms with Gasteiger partial charge in [-0.05, 0) is 49.6 Å². The Morgan fingerprint density at radius 2 is 1.86 bits per heavy atom. The number of rotatable bonds is 4. The van der Waals surface area contributed by atoms with Crippen LogP contribution in [0, 0.1) is 24.0 Å².